The number of benzene rings is 2. The van der Waals surface area contributed by atoms with Gasteiger partial charge >= 0.3 is 6.18 Å². The molecule has 2 aromatic carbocycles. The van der Waals surface area contributed by atoms with Crippen molar-refractivity contribution >= 4 is 22.9 Å². The first-order chi connectivity index (χ1) is 13.1. The molecule has 0 spiro atoms. The summed E-state index contributed by atoms with van der Waals surface area (Å²) in [7, 11) is 0. The molecule has 0 saturated heterocycles. The lowest BCUT2D eigenvalue weighted by Crippen LogP contribution is -2.14. The van der Waals surface area contributed by atoms with Crippen molar-refractivity contribution in [3.63, 3.8) is 0 Å². The van der Waals surface area contributed by atoms with Crippen molar-refractivity contribution in [1.82, 2.24) is 4.98 Å². The van der Waals surface area contributed by atoms with E-state index in [0.717, 1.165) is 22.7 Å². The number of aromatic nitrogens is 1. The Kier molecular flexibility index (Phi) is 6.01. The molecule has 0 aliphatic heterocycles. The fourth-order valence-electron chi connectivity index (χ4n) is 2.78. The molecule has 1 atom stereocenters. The van der Waals surface area contributed by atoms with Crippen LogP contribution in [0.1, 0.15) is 36.1 Å². The van der Waals surface area contributed by atoms with Crippen LogP contribution in [-0.2, 0) is 6.18 Å². The highest BCUT2D eigenvalue weighted by atomic mass is 35.5. The van der Waals surface area contributed by atoms with Crippen LogP contribution in [0.3, 0.4) is 0 Å². The van der Waals surface area contributed by atoms with Crippen LogP contribution < -0.4 is 4.74 Å². The zero-order valence-corrected chi connectivity index (χ0v) is 17.1. The summed E-state index contributed by atoms with van der Waals surface area (Å²) in [6.45, 7) is 5.98. The van der Waals surface area contributed by atoms with Crippen molar-refractivity contribution in [2.24, 2.45) is 5.92 Å². The standard InChI is InChI=1S/C21H19ClF3NOS/c1-12(2)18(27-17-6-4-5-16(22)11-17)19-13(3)26-20(28-19)14-7-9-15(10-8-14)21(23,24)25/h4-12,18H,1-3H3. The maximum atomic E-state index is 12.8. The van der Waals surface area contributed by atoms with E-state index in [1.165, 1.54) is 23.5 Å². The number of thiazole rings is 1. The Morgan fingerprint density at radius 3 is 2.32 bits per heavy atom. The molecule has 0 fully saturated rings. The maximum absolute atomic E-state index is 12.8. The van der Waals surface area contributed by atoms with Gasteiger partial charge in [0, 0.05) is 10.6 Å². The molecule has 28 heavy (non-hydrogen) atoms. The molecule has 0 amide bonds. The van der Waals surface area contributed by atoms with Gasteiger partial charge in [-0.15, -0.1) is 11.3 Å². The van der Waals surface area contributed by atoms with Crippen LogP contribution >= 0.6 is 22.9 Å². The highest BCUT2D eigenvalue weighted by Crippen LogP contribution is 2.38. The molecule has 0 aliphatic carbocycles. The third-order valence-electron chi connectivity index (χ3n) is 4.21. The van der Waals surface area contributed by atoms with Gasteiger partial charge in [0.25, 0.3) is 0 Å². The van der Waals surface area contributed by atoms with Crippen molar-refractivity contribution in [3.05, 3.63) is 69.7 Å². The summed E-state index contributed by atoms with van der Waals surface area (Å²) in [5.74, 6) is 0.827. The summed E-state index contributed by atoms with van der Waals surface area (Å²) in [5.41, 5.74) is 0.785. The van der Waals surface area contributed by atoms with Gasteiger partial charge in [0.2, 0.25) is 0 Å². The molecule has 1 unspecified atom stereocenters. The lowest BCUT2D eigenvalue weighted by molar-refractivity contribution is -0.137. The number of aryl methyl sites for hydroxylation is 1. The van der Waals surface area contributed by atoms with E-state index in [-0.39, 0.29) is 12.0 Å². The summed E-state index contributed by atoms with van der Waals surface area (Å²) in [6.07, 6.45) is -4.59. The van der Waals surface area contributed by atoms with Crippen LogP contribution in [0.2, 0.25) is 5.02 Å². The Hall–Kier alpha value is -2.05. The molecule has 3 rings (SSSR count). The van der Waals surface area contributed by atoms with Crippen LogP contribution in [0, 0.1) is 12.8 Å². The minimum absolute atomic E-state index is 0.165. The van der Waals surface area contributed by atoms with Crippen LogP contribution in [-0.4, -0.2) is 4.98 Å². The first-order valence-electron chi connectivity index (χ1n) is 8.72. The van der Waals surface area contributed by atoms with Gasteiger partial charge in [-0.25, -0.2) is 4.98 Å². The van der Waals surface area contributed by atoms with E-state index >= 15 is 0 Å². The third-order valence-corrected chi connectivity index (χ3v) is 5.72. The number of halogens is 4. The highest BCUT2D eigenvalue weighted by molar-refractivity contribution is 7.15. The van der Waals surface area contributed by atoms with Gasteiger partial charge in [-0.1, -0.05) is 43.6 Å². The Bertz CT molecular complexity index is 951. The molecule has 0 bridgehead atoms. The number of alkyl halides is 3. The lowest BCUT2D eigenvalue weighted by atomic mass is 10.0. The van der Waals surface area contributed by atoms with E-state index in [1.54, 1.807) is 12.1 Å². The first-order valence-corrected chi connectivity index (χ1v) is 9.92. The zero-order valence-electron chi connectivity index (χ0n) is 15.5. The average Bonchev–Trinajstić information content (AvgIpc) is 3.00. The molecule has 7 heteroatoms. The topological polar surface area (TPSA) is 22.1 Å². The van der Waals surface area contributed by atoms with Crippen LogP contribution in [0.15, 0.2) is 48.5 Å². The second kappa shape index (κ2) is 8.13. The average molecular weight is 426 g/mol. The molecule has 148 valence electrons. The largest absolute Gasteiger partial charge is 0.485 e. The number of hydrogen-bond donors (Lipinski definition) is 0. The second-order valence-corrected chi connectivity index (χ2v) is 8.25. The van der Waals surface area contributed by atoms with Gasteiger partial charge in [-0.3, -0.25) is 0 Å². The van der Waals surface area contributed by atoms with Crippen molar-refractivity contribution in [3.8, 4) is 16.3 Å². The van der Waals surface area contributed by atoms with Crippen molar-refractivity contribution in [2.75, 3.05) is 0 Å². The van der Waals surface area contributed by atoms with Crippen LogP contribution in [0.5, 0.6) is 5.75 Å². The summed E-state index contributed by atoms with van der Waals surface area (Å²) >= 11 is 7.48. The number of hydrogen-bond acceptors (Lipinski definition) is 3. The summed E-state index contributed by atoms with van der Waals surface area (Å²) < 4.78 is 44.5. The molecule has 0 aliphatic rings. The van der Waals surface area contributed by atoms with E-state index < -0.39 is 11.7 Å². The Labute approximate surface area is 171 Å². The fraction of sp³-hybridized carbons (Fsp3) is 0.286. The fourth-order valence-corrected chi connectivity index (χ4v) is 4.23. The summed E-state index contributed by atoms with van der Waals surface area (Å²) in [4.78, 5) is 5.52. The molecule has 1 heterocycles. The lowest BCUT2D eigenvalue weighted by Gasteiger charge is -2.22. The minimum Gasteiger partial charge on any atom is -0.485 e. The van der Waals surface area contributed by atoms with E-state index in [4.69, 9.17) is 16.3 Å². The predicted molar refractivity (Wildman–Crippen MR) is 107 cm³/mol. The molecular formula is C21H19ClF3NOS. The molecule has 1 aromatic heterocycles. The second-order valence-electron chi connectivity index (χ2n) is 6.78. The van der Waals surface area contributed by atoms with E-state index in [0.29, 0.717) is 21.3 Å². The summed E-state index contributed by atoms with van der Waals surface area (Å²) in [6, 6.07) is 12.3. The zero-order chi connectivity index (χ0) is 20.5. The number of ether oxygens (including phenoxy) is 1. The smallest absolute Gasteiger partial charge is 0.416 e. The van der Waals surface area contributed by atoms with Crippen molar-refractivity contribution in [2.45, 2.75) is 33.1 Å². The molecule has 0 saturated carbocycles. The summed E-state index contributed by atoms with van der Waals surface area (Å²) in [5, 5.41) is 1.26. The van der Waals surface area contributed by atoms with Gasteiger partial charge in [0.05, 0.1) is 16.1 Å². The number of nitrogens with zero attached hydrogens (tertiary/aromatic N) is 1. The van der Waals surface area contributed by atoms with Crippen LogP contribution in [0.4, 0.5) is 13.2 Å². The van der Waals surface area contributed by atoms with E-state index in [2.05, 4.69) is 4.98 Å². The molecule has 0 radical (unpaired) electrons. The minimum atomic E-state index is -4.35. The van der Waals surface area contributed by atoms with Crippen LogP contribution in [0.25, 0.3) is 10.6 Å². The van der Waals surface area contributed by atoms with E-state index in [1.807, 2.05) is 32.9 Å². The quantitative estimate of drug-likeness (QED) is 0.420. The third kappa shape index (κ3) is 4.67. The van der Waals surface area contributed by atoms with Crippen molar-refractivity contribution in [1.29, 1.82) is 0 Å². The maximum Gasteiger partial charge on any atom is 0.416 e. The van der Waals surface area contributed by atoms with E-state index in [9.17, 15) is 13.2 Å². The monoisotopic (exact) mass is 425 g/mol. The molecule has 2 nitrogen and oxygen atoms in total. The van der Waals surface area contributed by atoms with Gasteiger partial charge < -0.3 is 4.74 Å². The Morgan fingerprint density at radius 2 is 1.75 bits per heavy atom. The van der Waals surface area contributed by atoms with Gasteiger partial charge in [-0.05, 0) is 43.2 Å². The Morgan fingerprint density at radius 1 is 1.07 bits per heavy atom. The van der Waals surface area contributed by atoms with Crippen molar-refractivity contribution < 1.29 is 17.9 Å². The molecule has 0 N–H and O–H groups in total. The normalized spacial score (nSPS) is 13.0. The van der Waals surface area contributed by atoms with Gasteiger partial charge in [-0.2, -0.15) is 13.2 Å². The van der Waals surface area contributed by atoms with Gasteiger partial charge in [0.1, 0.15) is 16.9 Å². The number of rotatable bonds is 5. The Balaban J connectivity index is 1.90. The van der Waals surface area contributed by atoms with Gasteiger partial charge in [0.15, 0.2) is 0 Å². The predicted octanol–water partition coefficient (Wildman–Crippen LogP) is 7.57. The first kappa shape index (κ1) is 20.7. The molecule has 3 aromatic rings. The highest BCUT2D eigenvalue weighted by Gasteiger charge is 2.30. The SMILES string of the molecule is Cc1nc(-c2ccc(C(F)(F)F)cc2)sc1C(Oc1cccc(Cl)c1)C(C)C. The molecular weight excluding hydrogens is 407 g/mol.